The maximum Gasteiger partial charge on any atom is 0.243 e. The number of hydrogen-bond donors (Lipinski definition) is 1. The van der Waals surface area contributed by atoms with Crippen molar-refractivity contribution in [2.45, 2.75) is 39.7 Å². The van der Waals surface area contributed by atoms with Gasteiger partial charge in [-0.25, -0.2) is 8.42 Å². The minimum atomic E-state index is -3.67. The van der Waals surface area contributed by atoms with Crippen molar-refractivity contribution in [3.63, 3.8) is 0 Å². The fourth-order valence-electron chi connectivity index (χ4n) is 3.12. The molecule has 0 aliphatic rings. The number of anilines is 1. The molecular formula is C21H27ClN2O3S. The zero-order chi connectivity index (χ0) is 20.9. The molecule has 0 saturated heterocycles. The molecule has 28 heavy (non-hydrogen) atoms. The first kappa shape index (κ1) is 22.2. The van der Waals surface area contributed by atoms with Crippen LogP contribution in [0.3, 0.4) is 0 Å². The molecular weight excluding hydrogens is 396 g/mol. The van der Waals surface area contributed by atoms with Gasteiger partial charge in [-0.05, 0) is 56.9 Å². The van der Waals surface area contributed by atoms with E-state index in [0.29, 0.717) is 17.3 Å². The van der Waals surface area contributed by atoms with Gasteiger partial charge in [-0.3, -0.25) is 9.10 Å². The highest BCUT2D eigenvalue weighted by molar-refractivity contribution is 7.92. The molecule has 152 valence electrons. The van der Waals surface area contributed by atoms with E-state index in [9.17, 15) is 13.2 Å². The van der Waals surface area contributed by atoms with E-state index in [1.165, 1.54) is 11.1 Å². The van der Waals surface area contributed by atoms with Crippen LogP contribution in [0.25, 0.3) is 0 Å². The van der Waals surface area contributed by atoms with E-state index < -0.39 is 16.1 Å². The largest absolute Gasteiger partial charge is 0.354 e. The number of hydrogen-bond acceptors (Lipinski definition) is 3. The van der Waals surface area contributed by atoms with Gasteiger partial charge in [-0.2, -0.15) is 0 Å². The maximum atomic E-state index is 12.6. The highest BCUT2D eigenvalue weighted by Gasteiger charge is 2.30. The van der Waals surface area contributed by atoms with Crippen molar-refractivity contribution in [1.82, 2.24) is 5.32 Å². The lowest BCUT2D eigenvalue weighted by Crippen LogP contribution is -2.48. The van der Waals surface area contributed by atoms with Crippen molar-refractivity contribution in [1.29, 1.82) is 0 Å². The van der Waals surface area contributed by atoms with Crippen LogP contribution in [0.5, 0.6) is 0 Å². The lowest BCUT2D eigenvalue weighted by molar-refractivity contribution is -0.121. The van der Waals surface area contributed by atoms with Crippen LogP contribution in [0.15, 0.2) is 42.5 Å². The smallest absolute Gasteiger partial charge is 0.243 e. The van der Waals surface area contributed by atoms with Crippen LogP contribution in [-0.2, 0) is 21.2 Å². The summed E-state index contributed by atoms with van der Waals surface area (Å²) in [7, 11) is -3.67. The molecule has 0 spiro atoms. The van der Waals surface area contributed by atoms with Crippen molar-refractivity contribution >= 4 is 33.2 Å². The van der Waals surface area contributed by atoms with E-state index in [2.05, 4.69) is 17.4 Å². The predicted octanol–water partition coefficient (Wildman–Crippen LogP) is 3.86. The van der Waals surface area contributed by atoms with Gasteiger partial charge in [0.2, 0.25) is 15.9 Å². The monoisotopic (exact) mass is 422 g/mol. The van der Waals surface area contributed by atoms with E-state index >= 15 is 0 Å². The third kappa shape index (κ3) is 5.97. The summed E-state index contributed by atoms with van der Waals surface area (Å²) in [6.45, 7) is 5.89. The number of nitrogens with one attached hydrogen (secondary N) is 1. The average Bonchev–Trinajstić information content (AvgIpc) is 2.60. The highest BCUT2D eigenvalue weighted by atomic mass is 35.5. The molecule has 0 unspecified atom stereocenters. The second-order valence-corrected chi connectivity index (χ2v) is 9.35. The fourth-order valence-corrected chi connectivity index (χ4v) is 4.51. The van der Waals surface area contributed by atoms with Crippen LogP contribution in [0.2, 0.25) is 5.02 Å². The number of nitrogens with zero attached hydrogens (tertiary/aromatic N) is 1. The quantitative estimate of drug-likeness (QED) is 0.657. The summed E-state index contributed by atoms with van der Waals surface area (Å²) in [4.78, 5) is 12.6. The van der Waals surface area contributed by atoms with Gasteiger partial charge in [-0.15, -0.1) is 0 Å². The molecule has 0 aliphatic heterocycles. The van der Waals surface area contributed by atoms with Gasteiger partial charge in [-0.1, -0.05) is 47.5 Å². The van der Waals surface area contributed by atoms with Crippen molar-refractivity contribution in [2.75, 3.05) is 17.1 Å². The predicted molar refractivity (Wildman–Crippen MR) is 115 cm³/mol. The maximum absolute atomic E-state index is 12.6. The topological polar surface area (TPSA) is 66.5 Å². The molecule has 0 aliphatic carbocycles. The van der Waals surface area contributed by atoms with Crippen molar-refractivity contribution < 1.29 is 13.2 Å². The number of benzene rings is 2. The van der Waals surface area contributed by atoms with Gasteiger partial charge in [0.25, 0.3) is 0 Å². The molecule has 1 atom stereocenters. The van der Waals surface area contributed by atoms with Crippen LogP contribution in [0, 0.1) is 13.8 Å². The summed E-state index contributed by atoms with van der Waals surface area (Å²) in [6, 6.07) is 12.4. The molecule has 0 bridgehead atoms. The molecule has 2 aromatic rings. The Bertz CT molecular complexity index is 944. The zero-order valence-corrected chi connectivity index (χ0v) is 18.3. The summed E-state index contributed by atoms with van der Waals surface area (Å²) in [5.41, 5.74) is 3.57. The fraction of sp³-hybridized carbons (Fsp3) is 0.381. The van der Waals surface area contributed by atoms with E-state index in [-0.39, 0.29) is 5.91 Å². The van der Waals surface area contributed by atoms with E-state index in [4.69, 9.17) is 11.6 Å². The Balaban J connectivity index is 2.04. The number of carbonyl (C=O) groups excluding carboxylic acids is 1. The van der Waals surface area contributed by atoms with Gasteiger partial charge in [0.1, 0.15) is 6.04 Å². The van der Waals surface area contributed by atoms with Gasteiger partial charge < -0.3 is 5.32 Å². The first-order valence-corrected chi connectivity index (χ1v) is 11.4. The number of carbonyl (C=O) groups is 1. The molecule has 0 saturated carbocycles. The van der Waals surface area contributed by atoms with Gasteiger partial charge in [0, 0.05) is 11.6 Å². The Morgan fingerprint density at radius 2 is 1.89 bits per heavy atom. The molecule has 0 aromatic heterocycles. The third-order valence-electron chi connectivity index (χ3n) is 4.52. The second kappa shape index (κ2) is 9.43. The van der Waals surface area contributed by atoms with Crippen LogP contribution in [0.4, 0.5) is 5.69 Å². The molecule has 0 radical (unpaired) electrons. The molecule has 2 aromatic carbocycles. The zero-order valence-electron chi connectivity index (χ0n) is 16.7. The molecule has 5 nitrogen and oxygen atoms in total. The molecule has 1 N–H and O–H groups in total. The standard InChI is InChI=1S/C21H27ClN2O3S/c1-15-7-5-8-18(13-15)9-6-12-23-21(25)17(3)24(28(4,26)27)20-14-19(22)11-10-16(20)2/h5,7-8,10-11,13-14,17H,6,9,12H2,1-4H3,(H,23,25)/t17-/m1/s1. The molecule has 0 heterocycles. The van der Waals surface area contributed by atoms with Crippen LogP contribution >= 0.6 is 11.6 Å². The van der Waals surface area contributed by atoms with Crippen LogP contribution < -0.4 is 9.62 Å². The summed E-state index contributed by atoms with van der Waals surface area (Å²) in [5.74, 6) is -0.339. The third-order valence-corrected chi connectivity index (χ3v) is 5.98. The number of rotatable bonds is 8. The number of sulfonamides is 1. The number of halogens is 1. The van der Waals surface area contributed by atoms with Gasteiger partial charge >= 0.3 is 0 Å². The first-order valence-electron chi connectivity index (χ1n) is 9.18. The molecule has 7 heteroatoms. The van der Waals surface area contributed by atoms with Gasteiger partial charge in [0.05, 0.1) is 11.9 Å². The Labute approximate surface area is 172 Å². The summed E-state index contributed by atoms with van der Waals surface area (Å²) in [5, 5.41) is 3.26. The Morgan fingerprint density at radius 1 is 1.18 bits per heavy atom. The number of aryl methyl sites for hydroxylation is 3. The van der Waals surface area contributed by atoms with Gasteiger partial charge in [0.15, 0.2) is 0 Å². The van der Waals surface area contributed by atoms with E-state index in [1.54, 1.807) is 32.0 Å². The normalized spacial score (nSPS) is 12.5. The summed E-state index contributed by atoms with van der Waals surface area (Å²) >= 11 is 6.04. The summed E-state index contributed by atoms with van der Waals surface area (Å²) < 4.78 is 25.9. The van der Waals surface area contributed by atoms with E-state index in [0.717, 1.165) is 29.0 Å². The Morgan fingerprint density at radius 3 is 2.54 bits per heavy atom. The van der Waals surface area contributed by atoms with Crippen molar-refractivity contribution in [3.05, 3.63) is 64.2 Å². The Kier molecular flexibility index (Phi) is 7.49. The van der Waals surface area contributed by atoms with E-state index in [1.807, 2.05) is 19.1 Å². The van der Waals surface area contributed by atoms with Crippen LogP contribution in [-0.4, -0.2) is 33.2 Å². The highest BCUT2D eigenvalue weighted by Crippen LogP contribution is 2.28. The number of amides is 1. The lowest BCUT2D eigenvalue weighted by Gasteiger charge is -2.29. The Hall–Kier alpha value is -2.05. The molecule has 1 amide bonds. The first-order chi connectivity index (χ1) is 13.1. The SMILES string of the molecule is Cc1cccc(CCCNC(=O)[C@@H](C)N(c2cc(Cl)ccc2C)S(C)(=O)=O)c1. The van der Waals surface area contributed by atoms with Crippen molar-refractivity contribution in [3.8, 4) is 0 Å². The average molecular weight is 423 g/mol. The second-order valence-electron chi connectivity index (χ2n) is 7.05. The molecule has 2 rings (SSSR count). The van der Waals surface area contributed by atoms with Crippen LogP contribution in [0.1, 0.15) is 30.0 Å². The molecule has 0 fully saturated rings. The minimum absolute atomic E-state index is 0.339. The minimum Gasteiger partial charge on any atom is -0.354 e. The van der Waals surface area contributed by atoms with Crippen molar-refractivity contribution in [2.24, 2.45) is 0 Å². The lowest BCUT2D eigenvalue weighted by atomic mass is 10.1. The summed E-state index contributed by atoms with van der Waals surface area (Å²) in [6.07, 6.45) is 2.71.